The van der Waals surface area contributed by atoms with Gasteiger partial charge in [-0.2, -0.15) is 0 Å². The second kappa shape index (κ2) is 6.12. The molecule has 0 saturated heterocycles. The smallest absolute Gasteiger partial charge is 0.362 e. The molecule has 1 unspecified atom stereocenters. The highest BCUT2D eigenvalue weighted by molar-refractivity contribution is 7.54. The van der Waals surface area contributed by atoms with E-state index >= 15 is 0 Å². The topological polar surface area (TPSA) is 55.8 Å². The van der Waals surface area contributed by atoms with Gasteiger partial charge in [0.05, 0.1) is 0 Å². The molecular formula is C12H17O4P. The number of allylic oxidation sites excluding steroid dienone is 1. The van der Waals surface area contributed by atoms with Crippen LogP contribution in [0.2, 0.25) is 0 Å². The molecule has 17 heavy (non-hydrogen) atoms. The second-order valence-electron chi connectivity index (χ2n) is 3.53. The van der Waals surface area contributed by atoms with Crippen LogP contribution in [0.25, 0.3) is 5.57 Å². The molecule has 0 aliphatic rings. The van der Waals surface area contributed by atoms with Gasteiger partial charge in [0.2, 0.25) is 0 Å². The molecule has 0 radical (unpaired) electrons. The van der Waals surface area contributed by atoms with Crippen LogP contribution in [-0.2, 0) is 13.6 Å². The Morgan fingerprint density at radius 1 is 1.29 bits per heavy atom. The fraction of sp³-hybridized carbons (Fsp3) is 0.333. The highest BCUT2D eigenvalue weighted by atomic mass is 31.2. The van der Waals surface area contributed by atoms with Gasteiger partial charge in [-0.25, -0.2) is 0 Å². The molecule has 4 nitrogen and oxygen atoms in total. The first-order chi connectivity index (χ1) is 8.03. The zero-order valence-corrected chi connectivity index (χ0v) is 11.1. The zero-order chi connectivity index (χ0) is 12.9. The molecule has 1 atom stereocenters. The molecule has 1 aromatic carbocycles. The van der Waals surface area contributed by atoms with Crippen LogP contribution in [-0.4, -0.2) is 25.2 Å². The highest BCUT2D eigenvalue weighted by Crippen LogP contribution is 2.51. The van der Waals surface area contributed by atoms with E-state index in [2.05, 4.69) is 0 Å². The SMILES string of the molecule is COP(=O)(OC)C(O)/C=C(\C)c1ccccc1. The van der Waals surface area contributed by atoms with Crippen molar-refractivity contribution in [3.63, 3.8) is 0 Å². The summed E-state index contributed by atoms with van der Waals surface area (Å²) >= 11 is 0. The summed E-state index contributed by atoms with van der Waals surface area (Å²) in [6, 6.07) is 9.51. The molecule has 1 N–H and O–H groups in total. The molecular weight excluding hydrogens is 239 g/mol. The molecule has 1 rings (SSSR count). The van der Waals surface area contributed by atoms with Crippen molar-refractivity contribution in [2.75, 3.05) is 14.2 Å². The van der Waals surface area contributed by atoms with Crippen molar-refractivity contribution in [2.45, 2.75) is 12.8 Å². The minimum atomic E-state index is -3.47. The molecule has 0 fully saturated rings. The fourth-order valence-electron chi connectivity index (χ4n) is 1.40. The first-order valence-corrected chi connectivity index (χ1v) is 6.78. The molecule has 0 bridgehead atoms. The lowest BCUT2D eigenvalue weighted by Gasteiger charge is -2.17. The second-order valence-corrected chi connectivity index (χ2v) is 5.87. The van der Waals surface area contributed by atoms with E-state index in [1.807, 2.05) is 37.3 Å². The van der Waals surface area contributed by atoms with Gasteiger partial charge in [0.15, 0.2) is 5.85 Å². The van der Waals surface area contributed by atoms with Crippen LogP contribution in [0.4, 0.5) is 0 Å². The van der Waals surface area contributed by atoms with E-state index in [0.717, 1.165) is 11.1 Å². The first-order valence-electron chi connectivity index (χ1n) is 5.16. The quantitative estimate of drug-likeness (QED) is 0.823. The lowest BCUT2D eigenvalue weighted by molar-refractivity contribution is 0.201. The monoisotopic (exact) mass is 256 g/mol. The standard InChI is InChI=1S/C12H17O4P/c1-10(11-7-5-4-6-8-11)9-12(13)17(14,15-2)16-3/h4-9,12-13H,1-3H3/b10-9+. The summed E-state index contributed by atoms with van der Waals surface area (Å²) < 4.78 is 21.3. The van der Waals surface area contributed by atoms with Gasteiger partial charge in [0, 0.05) is 14.2 Å². The molecule has 1 aromatic rings. The van der Waals surface area contributed by atoms with Crippen molar-refractivity contribution in [1.29, 1.82) is 0 Å². The van der Waals surface area contributed by atoms with Gasteiger partial charge in [-0.1, -0.05) is 30.3 Å². The van der Waals surface area contributed by atoms with Crippen molar-refractivity contribution in [2.24, 2.45) is 0 Å². The molecule has 0 heterocycles. The van der Waals surface area contributed by atoms with Crippen LogP contribution in [0.15, 0.2) is 36.4 Å². The molecule has 5 heteroatoms. The molecule has 0 saturated carbocycles. The summed E-state index contributed by atoms with van der Waals surface area (Å²) in [6.07, 6.45) is 1.48. The normalized spacial score (nSPS) is 14.7. The predicted molar refractivity (Wildman–Crippen MR) is 67.7 cm³/mol. The van der Waals surface area contributed by atoms with Gasteiger partial charge >= 0.3 is 7.60 Å². The van der Waals surface area contributed by atoms with Crippen molar-refractivity contribution in [3.05, 3.63) is 42.0 Å². The Labute approximate surface area is 101 Å². The Kier molecular flexibility index (Phi) is 5.09. The third-order valence-electron chi connectivity index (χ3n) is 2.46. The van der Waals surface area contributed by atoms with Gasteiger partial charge in [0.1, 0.15) is 0 Å². The van der Waals surface area contributed by atoms with E-state index in [-0.39, 0.29) is 0 Å². The van der Waals surface area contributed by atoms with Gasteiger partial charge in [-0.3, -0.25) is 4.57 Å². The zero-order valence-electron chi connectivity index (χ0n) is 10.2. The van der Waals surface area contributed by atoms with Crippen molar-refractivity contribution in [3.8, 4) is 0 Å². The molecule has 0 spiro atoms. The average Bonchev–Trinajstić information content (AvgIpc) is 2.38. The lowest BCUT2D eigenvalue weighted by atomic mass is 10.1. The Balaban J connectivity index is 2.93. The number of benzene rings is 1. The molecule has 0 aliphatic carbocycles. The molecule has 0 aliphatic heterocycles. The van der Waals surface area contributed by atoms with Crippen molar-refractivity contribution >= 4 is 13.2 Å². The minimum Gasteiger partial charge on any atom is -0.377 e. The summed E-state index contributed by atoms with van der Waals surface area (Å²) in [4.78, 5) is 0. The Bertz CT molecular complexity index is 419. The van der Waals surface area contributed by atoms with Crippen LogP contribution < -0.4 is 0 Å². The van der Waals surface area contributed by atoms with Gasteiger partial charge in [0.25, 0.3) is 0 Å². The number of aliphatic hydroxyl groups excluding tert-OH is 1. The van der Waals surface area contributed by atoms with E-state index in [1.165, 1.54) is 20.3 Å². The molecule has 0 aromatic heterocycles. The van der Waals surface area contributed by atoms with Crippen LogP contribution in [0.3, 0.4) is 0 Å². The van der Waals surface area contributed by atoms with E-state index in [1.54, 1.807) is 0 Å². The summed E-state index contributed by atoms with van der Waals surface area (Å²) in [5.41, 5.74) is 1.76. The summed E-state index contributed by atoms with van der Waals surface area (Å²) in [5, 5.41) is 9.81. The third-order valence-corrected chi connectivity index (χ3v) is 4.28. The number of hydrogen-bond acceptors (Lipinski definition) is 4. The summed E-state index contributed by atoms with van der Waals surface area (Å²) in [6.45, 7) is 1.83. The Morgan fingerprint density at radius 3 is 2.29 bits per heavy atom. The number of rotatable bonds is 5. The lowest BCUT2D eigenvalue weighted by Crippen LogP contribution is -2.07. The maximum Gasteiger partial charge on any atom is 0.362 e. The third kappa shape index (κ3) is 3.51. The van der Waals surface area contributed by atoms with Crippen LogP contribution in [0.5, 0.6) is 0 Å². The van der Waals surface area contributed by atoms with E-state index in [9.17, 15) is 9.67 Å². The van der Waals surface area contributed by atoms with Crippen LogP contribution in [0, 0.1) is 0 Å². The first kappa shape index (κ1) is 14.1. The van der Waals surface area contributed by atoms with Gasteiger partial charge in [-0.05, 0) is 24.1 Å². The summed E-state index contributed by atoms with van der Waals surface area (Å²) in [5.74, 6) is -1.27. The van der Waals surface area contributed by atoms with E-state index < -0.39 is 13.4 Å². The van der Waals surface area contributed by atoms with Gasteiger partial charge < -0.3 is 14.2 Å². The number of aliphatic hydroxyl groups is 1. The van der Waals surface area contributed by atoms with Crippen molar-refractivity contribution in [1.82, 2.24) is 0 Å². The Hall–Kier alpha value is -0.930. The van der Waals surface area contributed by atoms with Crippen LogP contribution >= 0.6 is 7.60 Å². The van der Waals surface area contributed by atoms with Crippen LogP contribution in [0.1, 0.15) is 12.5 Å². The maximum atomic E-state index is 11.9. The minimum absolute atomic E-state index is 0.812. The molecule has 0 amide bonds. The predicted octanol–water partition coefficient (Wildman–Crippen LogP) is 2.89. The van der Waals surface area contributed by atoms with E-state index in [4.69, 9.17) is 9.05 Å². The Morgan fingerprint density at radius 2 is 1.82 bits per heavy atom. The van der Waals surface area contributed by atoms with Gasteiger partial charge in [-0.15, -0.1) is 0 Å². The largest absolute Gasteiger partial charge is 0.377 e. The summed E-state index contributed by atoms with van der Waals surface area (Å²) in [7, 11) is -0.969. The molecule has 94 valence electrons. The van der Waals surface area contributed by atoms with Crippen molar-refractivity contribution < 1.29 is 18.7 Å². The number of hydrogen-bond donors (Lipinski definition) is 1. The maximum absolute atomic E-state index is 11.9. The fourth-order valence-corrected chi connectivity index (χ4v) is 2.39. The average molecular weight is 256 g/mol. The van der Waals surface area contributed by atoms with E-state index in [0.29, 0.717) is 0 Å². The highest BCUT2D eigenvalue weighted by Gasteiger charge is 2.30.